The number of hydrogen-bond donors (Lipinski definition) is 1. The summed E-state index contributed by atoms with van der Waals surface area (Å²) >= 11 is 0. The summed E-state index contributed by atoms with van der Waals surface area (Å²) in [4.78, 5) is 17.1. The molecule has 7 heteroatoms. The van der Waals surface area contributed by atoms with E-state index < -0.39 is 17.6 Å². The van der Waals surface area contributed by atoms with Gasteiger partial charge in [0, 0.05) is 36.1 Å². The standard InChI is InChI=1S/C23H26F3N3O/c24-23(25,26)18-14-17(22(30)27-19-6-2-1-3-7-19)15-21(16-18)29-12-8-20(9-13-29)28-10-4-5-11-28/h1-3,6-7,14-16,20H,4-5,8-13H2,(H,27,30). The van der Waals surface area contributed by atoms with Crippen LogP contribution in [0.25, 0.3) is 0 Å². The minimum absolute atomic E-state index is 0.0188. The normalized spacial score (nSPS) is 18.6. The molecule has 2 heterocycles. The summed E-state index contributed by atoms with van der Waals surface area (Å²) in [6.45, 7) is 3.64. The molecular formula is C23H26F3N3O. The van der Waals surface area contributed by atoms with E-state index in [1.54, 1.807) is 30.3 Å². The monoisotopic (exact) mass is 417 g/mol. The molecule has 0 spiro atoms. The van der Waals surface area contributed by atoms with E-state index in [-0.39, 0.29) is 5.56 Å². The van der Waals surface area contributed by atoms with Crippen LogP contribution in [-0.4, -0.2) is 43.0 Å². The van der Waals surface area contributed by atoms with Crippen molar-refractivity contribution in [2.45, 2.75) is 37.9 Å². The Bertz CT molecular complexity index is 871. The molecule has 30 heavy (non-hydrogen) atoms. The number of rotatable bonds is 4. The Morgan fingerprint density at radius 2 is 1.60 bits per heavy atom. The minimum atomic E-state index is -4.51. The van der Waals surface area contributed by atoms with Crippen molar-refractivity contribution >= 4 is 17.3 Å². The first kappa shape index (κ1) is 20.7. The molecule has 0 atom stereocenters. The Balaban J connectivity index is 1.54. The summed E-state index contributed by atoms with van der Waals surface area (Å²) in [5.74, 6) is -0.541. The van der Waals surface area contributed by atoms with E-state index in [2.05, 4.69) is 10.2 Å². The number of anilines is 2. The highest BCUT2D eigenvalue weighted by molar-refractivity contribution is 6.05. The number of carbonyl (C=O) groups is 1. The number of nitrogens with one attached hydrogen (secondary N) is 1. The van der Waals surface area contributed by atoms with Crippen LogP contribution in [-0.2, 0) is 6.18 Å². The third-order valence-electron chi connectivity index (χ3n) is 6.03. The van der Waals surface area contributed by atoms with Gasteiger partial charge in [0.25, 0.3) is 5.91 Å². The van der Waals surface area contributed by atoms with Crippen molar-refractivity contribution in [2.75, 3.05) is 36.4 Å². The Hall–Kier alpha value is -2.54. The number of benzene rings is 2. The first-order chi connectivity index (χ1) is 14.4. The fourth-order valence-electron chi connectivity index (χ4n) is 4.41. The van der Waals surface area contributed by atoms with E-state index in [1.807, 2.05) is 11.0 Å². The van der Waals surface area contributed by atoms with E-state index in [9.17, 15) is 18.0 Å². The molecule has 0 unspecified atom stereocenters. The number of likely N-dealkylation sites (tertiary alicyclic amines) is 1. The average molecular weight is 417 g/mol. The van der Waals surface area contributed by atoms with Gasteiger partial charge in [-0.2, -0.15) is 13.2 Å². The van der Waals surface area contributed by atoms with Gasteiger partial charge in [-0.1, -0.05) is 18.2 Å². The number of halogens is 3. The molecule has 1 amide bonds. The molecule has 2 aliphatic heterocycles. The predicted octanol–water partition coefficient (Wildman–Crippen LogP) is 5.02. The zero-order chi connectivity index (χ0) is 21.1. The molecular weight excluding hydrogens is 391 g/mol. The van der Waals surface area contributed by atoms with Crippen LogP contribution in [0, 0.1) is 0 Å². The molecule has 0 radical (unpaired) electrons. The van der Waals surface area contributed by atoms with E-state index in [0.29, 0.717) is 30.5 Å². The number of nitrogens with zero attached hydrogens (tertiary/aromatic N) is 2. The van der Waals surface area contributed by atoms with E-state index in [4.69, 9.17) is 0 Å². The third kappa shape index (κ3) is 4.78. The highest BCUT2D eigenvalue weighted by Crippen LogP contribution is 2.34. The SMILES string of the molecule is O=C(Nc1ccccc1)c1cc(N2CCC(N3CCCC3)CC2)cc(C(F)(F)F)c1. The van der Waals surface area contributed by atoms with E-state index >= 15 is 0 Å². The van der Waals surface area contributed by atoms with Gasteiger partial charge in [-0.25, -0.2) is 0 Å². The van der Waals surface area contributed by atoms with Crippen LogP contribution in [0.1, 0.15) is 41.6 Å². The second kappa shape index (κ2) is 8.68. The van der Waals surface area contributed by atoms with Gasteiger partial charge in [0.2, 0.25) is 0 Å². The molecule has 2 aliphatic rings. The molecule has 2 aromatic rings. The summed E-state index contributed by atoms with van der Waals surface area (Å²) < 4.78 is 40.5. The highest BCUT2D eigenvalue weighted by Gasteiger charge is 2.33. The van der Waals surface area contributed by atoms with Gasteiger partial charge in [-0.05, 0) is 69.1 Å². The fourth-order valence-corrected chi connectivity index (χ4v) is 4.41. The quantitative estimate of drug-likeness (QED) is 0.759. The minimum Gasteiger partial charge on any atom is -0.371 e. The molecule has 4 rings (SSSR count). The van der Waals surface area contributed by atoms with E-state index in [0.717, 1.165) is 38.1 Å². The van der Waals surface area contributed by atoms with Crippen molar-refractivity contribution in [3.8, 4) is 0 Å². The van der Waals surface area contributed by atoms with Gasteiger partial charge < -0.3 is 15.1 Å². The zero-order valence-corrected chi connectivity index (χ0v) is 16.8. The lowest BCUT2D eigenvalue weighted by Crippen LogP contribution is -2.44. The van der Waals surface area contributed by atoms with Crippen molar-refractivity contribution in [1.29, 1.82) is 0 Å². The maximum Gasteiger partial charge on any atom is 0.416 e. The molecule has 2 saturated heterocycles. The van der Waals surface area contributed by atoms with E-state index in [1.165, 1.54) is 12.8 Å². The smallest absolute Gasteiger partial charge is 0.371 e. The Labute approximate surface area is 174 Å². The zero-order valence-electron chi connectivity index (χ0n) is 16.8. The first-order valence-corrected chi connectivity index (χ1v) is 10.5. The maximum atomic E-state index is 13.5. The highest BCUT2D eigenvalue weighted by atomic mass is 19.4. The number of para-hydroxylation sites is 1. The van der Waals surface area contributed by atoms with Crippen LogP contribution in [0.15, 0.2) is 48.5 Å². The van der Waals surface area contributed by atoms with Crippen LogP contribution in [0.3, 0.4) is 0 Å². The summed E-state index contributed by atoms with van der Waals surface area (Å²) in [7, 11) is 0. The molecule has 0 aromatic heterocycles. The third-order valence-corrected chi connectivity index (χ3v) is 6.03. The Morgan fingerprint density at radius 3 is 2.23 bits per heavy atom. The fraction of sp³-hybridized carbons (Fsp3) is 0.435. The number of alkyl halides is 3. The van der Waals surface area contributed by atoms with Gasteiger partial charge in [0.15, 0.2) is 0 Å². The molecule has 0 aliphatic carbocycles. The van der Waals surface area contributed by atoms with Crippen LogP contribution in [0.4, 0.5) is 24.5 Å². The first-order valence-electron chi connectivity index (χ1n) is 10.5. The lowest BCUT2D eigenvalue weighted by atomic mass is 10.0. The Kier molecular flexibility index (Phi) is 5.99. The largest absolute Gasteiger partial charge is 0.416 e. The van der Waals surface area contributed by atoms with Gasteiger partial charge in [0.1, 0.15) is 0 Å². The lowest BCUT2D eigenvalue weighted by Gasteiger charge is -2.38. The van der Waals surface area contributed by atoms with Crippen LogP contribution >= 0.6 is 0 Å². The predicted molar refractivity (Wildman–Crippen MR) is 112 cm³/mol. The molecule has 2 fully saturated rings. The second-order valence-electron chi connectivity index (χ2n) is 8.05. The molecule has 1 N–H and O–H groups in total. The van der Waals surface area contributed by atoms with Gasteiger partial charge >= 0.3 is 6.18 Å². The van der Waals surface area contributed by atoms with Crippen LogP contribution in [0.5, 0.6) is 0 Å². The molecule has 0 saturated carbocycles. The molecule has 160 valence electrons. The summed E-state index contributed by atoms with van der Waals surface area (Å²) in [6.07, 6.45) is -0.184. The van der Waals surface area contributed by atoms with Gasteiger partial charge in [-0.3, -0.25) is 4.79 Å². The molecule has 0 bridgehead atoms. The van der Waals surface area contributed by atoms with Crippen LogP contribution < -0.4 is 10.2 Å². The number of hydrogen-bond acceptors (Lipinski definition) is 3. The number of amides is 1. The van der Waals surface area contributed by atoms with Crippen molar-refractivity contribution < 1.29 is 18.0 Å². The summed E-state index contributed by atoms with van der Waals surface area (Å²) in [5, 5.41) is 2.68. The number of piperidine rings is 1. The summed E-state index contributed by atoms with van der Waals surface area (Å²) in [6, 6.07) is 12.9. The lowest BCUT2D eigenvalue weighted by molar-refractivity contribution is -0.137. The van der Waals surface area contributed by atoms with Crippen LogP contribution in [0.2, 0.25) is 0 Å². The van der Waals surface area contributed by atoms with Crippen molar-refractivity contribution in [1.82, 2.24) is 4.90 Å². The van der Waals surface area contributed by atoms with Crippen molar-refractivity contribution in [2.24, 2.45) is 0 Å². The topological polar surface area (TPSA) is 35.6 Å². The molecule has 2 aromatic carbocycles. The number of carbonyl (C=O) groups excluding carboxylic acids is 1. The van der Waals surface area contributed by atoms with Crippen molar-refractivity contribution in [3.05, 3.63) is 59.7 Å². The van der Waals surface area contributed by atoms with Gasteiger partial charge in [0.05, 0.1) is 5.56 Å². The summed E-state index contributed by atoms with van der Waals surface area (Å²) in [5.41, 5.74) is 0.237. The maximum absolute atomic E-state index is 13.5. The molecule has 4 nitrogen and oxygen atoms in total. The second-order valence-corrected chi connectivity index (χ2v) is 8.05. The average Bonchev–Trinajstić information content (AvgIpc) is 3.28. The van der Waals surface area contributed by atoms with Crippen molar-refractivity contribution in [3.63, 3.8) is 0 Å². The Morgan fingerprint density at radius 1 is 0.933 bits per heavy atom. The van der Waals surface area contributed by atoms with Gasteiger partial charge in [-0.15, -0.1) is 0 Å².